The first-order chi connectivity index (χ1) is 9.51. The number of hydrogen-bond donors (Lipinski definition) is 0. The van der Waals surface area contributed by atoms with Crippen LogP contribution in [0.15, 0.2) is 18.7 Å². The van der Waals surface area contributed by atoms with Crippen LogP contribution in [0.1, 0.15) is 17.9 Å². The molecule has 0 aromatic heterocycles. The van der Waals surface area contributed by atoms with Gasteiger partial charge >= 0.3 is 0 Å². The Morgan fingerprint density at radius 1 is 1.50 bits per heavy atom. The van der Waals surface area contributed by atoms with E-state index in [1.165, 1.54) is 26.4 Å². The van der Waals surface area contributed by atoms with Crippen LogP contribution in [0.3, 0.4) is 0 Å². The van der Waals surface area contributed by atoms with Gasteiger partial charge in [-0.1, -0.05) is 17.7 Å². The molecule has 108 valence electrons. The van der Waals surface area contributed by atoms with Gasteiger partial charge in [-0.15, -0.1) is 6.58 Å². The monoisotopic (exact) mass is 299 g/mol. The van der Waals surface area contributed by atoms with E-state index in [-0.39, 0.29) is 34.2 Å². The first-order valence-corrected chi connectivity index (χ1v) is 6.04. The Kier molecular flexibility index (Phi) is 5.52. The third-order valence-corrected chi connectivity index (χ3v) is 3.13. The number of carbonyl (C=O) groups is 1. The lowest BCUT2D eigenvalue weighted by molar-refractivity contribution is -0.385. The Morgan fingerprint density at radius 2 is 2.15 bits per heavy atom. The van der Waals surface area contributed by atoms with Crippen molar-refractivity contribution in [1.29, 1.82) is 0 Å². The Morgan fingerprint density at radius 3 is 2.55 bits per heavy atom. The molecule has 0 heterocycles. The average Bonchev–Trinajstić information content (AvgIpc) is 2.43. The molecule has 0 saturated heterocycles. The highest BCUT2D eigenvalue weighted by atomic mass is 35.5. The molecule has 1 atom stereocenters. The van der Waals surface area contributed by atoms with E-state index in [9.17, 15) is 14.9 Å². The maximum atomic E-state index is 11.2. The van der Waals surface area contributed by atoms with E-state index in [4.69, 9.17) is 21.1 Å². The molecule has 0 N–H and O–H groups in total. The molecule has 1 aromatic rings. The largest absolute Gasteiger partial charge is 0.493 e. The van der Waals surface area contributed by atoms with Crippen molar-refractivity contribution in [1.82, 2.24) is 0 Å². The number of carbonyl (C=O) groups excluding carboxylic acids is 1. The van der Waals surface area contributed by atoms with Crippen LogP contribution >= 0.6 is 11.6 Å². The fourth-order valence-electron chi connectivity index (χ4n) is 1.86. The highest BCUT2D eigenvalue weighted by Gasteiger charge is 2.30. The Labute approximate surface area is 121 Å². The van der Waals surface area contributed by atoms with E-state index in [1.807, 2.05) is 0 Å². The zero-order valence-electron chi connectivity index (χ0n) is 11.1. The summed E-state index contributed by atoms with van der Waals surface area (Å²) in [5.41, 5.74) is -0.184. The van der Waals surface area contributed by atoms with Crippen molar-refractivity contribution in [2.75, 3.05) is 14.2 Å². The third-order valence-electron chi connectivity index (χ3n) is 2.78. The van der Waals surface area contributed by atoms with Crippen molar-refractivity contribution in [2.45, 2.75) is 12.3 Å². The maximum absolute atomic E-state index is 11.2. The molecular weight excluding hydrogens is 286 g/mol. The van der Waals surface area contributed by atoms with E-state index >= 15 is 0 Å². The number of methoxy groups -OCH3 is 2. The highest BCUT2D eigenvalue weighted by molar-refractivity contribution is 6.34. The number of rotatable bonds is 7. The lowest BCUT2D eigenvalue weighted by Gasteiger charge is -2.15. The molecule has 1 aromatic carbocycles. The topological polar surface area (TPSA) is 78.7 Å². The van der Waals surface area contributed by atoms with Crippen LogP contribution in [-0.2, 0) is 4.79 Å². The standard InChI is InChI=1S/C13H14ClNO5/c1-4-5-8(7-16)9-6-10(19-2)13(20-3)11(14)12(9)15(17)18/h4,6-8H,1,5H2,2-3H3. The molecule has 0 spiro atoms. The minimum absolute atomic E-state index is 0.0628. The van der Waals surface area contributed by atoms with Crippen molar-refractivity contribution in [3.8, 4) is 11.5 Å². The minimum Gasteiger partial charge on any atom is -0.493 e. The van der Waals surface area contributed by atoms with E-state index in [0.29, 0.717) is 6.29 Å². The first kappa shape index (κ1) is 16.0. The average molecular weight is 300 g/mol. The lowest BCUT2D eigenvalue weighted by Crippen LogP contribution is -2.06. The molecule has 0 fully saturated rings. The summed E-state index contributed by atoms with van der Waals surface area (Å²) >= 11 is 6.01. The Balaban J connectivity index is 3.63. The van der Waals surface area contributed by atoms with Gasteiger partial charge in [0.2, 0.25) is 0 Å². The van der Waals surface area contributed by atoms with Gasteiger partial charge in [-0.2, -0.15) is 0 Å². The van der Waals surface area contributed by atoms with Crippen LogP contribution in [0.4, 0.5) is 5.69 Å². The number of aldehydes is 1. The van der Waals surface area contributed by atoms with Gasteiger partial charge in [0.25, 0.3) is 5.69 Å². The first-order valence-electron chi connectivity index (χ1n) is 5.66. The molecule has 0 aliphatic rings. The summed E-state index contributed by atoms with van der Waals surface area (Å²) in [5, 5.41) is 11.0. The maximum Gasteiger partial charge on any atom is 0.295 e. The van der Waals surface area contributed by atoms with Crippen molar-refractivity contribution >= 4 is 23.6 Å². The predicted octanol–water partition coefficient (Wildman–Crippen LogP) is 3.12. The van der Waals surface area contributed by atoms with Gasteiger partial charge in [0.05, 0.1) is 25.1 Å². The number of ether oxygens (including phenoxy) is 2. The number of halogens is 1. The van der Waals surface area contributed by atoms with Gasteiger partial charge in [-0.25, -0.2) is 0 Å². The molecule has 20 heavy (non-hydrogen) atoms. The molecule has 0 saturated carbocycles. The van der Waals surface area contributed by atoms with E-state index in [2.05, 4.69) is 6.58 Å². The van der Waals surface area contributed by atoms with Gasteiger partial charge in [0.1, 0.15) is 6.29 Å². The van der Waals surface area contributed by atoms with Crippen LogP contribution in [0, 0.1) is 10.1 Å². The van der Waals surface area contributed by atoms with E-state index < -0.39 is 10.8 Å². The van der Waals surface area contributed by atoms with Crippen LogP contribution < -0.4 is 9.47 Å². The fraction of sp³-hybridized carbons (Fsp3) is 0.308. The molecular formula is C13H14ClNO5. The fourth-order valence-corrected chi connectivity index (χ4v) is 2.21. The van der Waals surface area contributed by atoms with Crippen LogP contribution in [0.2, 0.25) is 5.02 Å². The highest BCUT2D eigenvalue weighted by Crippen LogP contribution is 2.46. The third kappa shape index (κ3) is 2.91. The second-order valence-corrected chi connectivity index (χ2v) is 4.27. The van der Waals surface area contributed by atoms with Crippen LogP contribution in [-0.4, -0.2) is 25.4 Å². The summed E-state index contributed by atoms with van der Waals surface area (Å²) in [7, 11) is 2.71. The van der Waals surface area contributed by atoms with Crippen molar-refractivity contribution in [3.05, 3.63) is 39.4 Å². The summed E-state index contributed by atoms with van der Waals surface area (Å²) < 4.78 is 10.1. The Hall–Kier alpha value is -2.08. The normalized spacial score (nSPS) is 11.6. The van der Waals surface area contributed by atoms with Gasteiger partial charge in [0.15, 0.2) is 16.5 Å². The molecule has 0 aliphatic heterocycles. The number of benzene rings is 1. The zero-order chi connectivity index (χ0) is 15.3. The predicted molar refractivity (Wildman–Crippen MR) is 74.8 cm³/mol. The zero-order valence-corrected chi connectivity index (χ0v) is 11.8. The second kappa shape index (κ2) is 6.91. The van der Waals surface area contributed by atoms with Crippen LogP contribution in [0.5, 0.6) is 11.5 Å². The minimum atomic E-state index is -0.717. The summed E-state index contributed by atoms with van der Waals surface area (Å²) in [6.07, 6.45) is 2.38. The molecule has 0 amide bonds. The van der Waals surface area contributed by atoms with Crippen molar-refractivity contribution in [3.63, 3.8) is 0 Å². The second-order valence-electron chi connectivity index (χ2n) is 3.89. The van der Waals surface area contributed by atoms with Gasteiger partial charge in [-0.05, 0) is 12.5 Å². The molecule has 1 rings (SSSR count). The van der Waals surface area contributed by atoms with Gasteiger partial charge < -0.3 is 14.3 Å². The molecule has 0 bridgehead atoms. The molecule has 0 radical (unpaired) electrons. The van der Waals surface area contributed by atoms with Crippen molar-refractivity contribution < 1.29 is 19.2 Å². The van der Waals surface area contributed by atoms with Crippen LogP contribution in [0.25, 0.3) is 0 Å². The number of hydrogen-bond acceptors (Lipinski definition) is 5. The summed E-state index contributed by atoms with van der Waals surface area (Å²) in [6, 6.07) is 1.39. The number of nitrogens with zero attached hydrogens (tertiary/aromatic N) is 1. The molecule has 1 unspecified atom stereocenters. The smallest absolute Gasteiger partial charge is 0.295 e. The lowest BCUT2D eigenvalue weighted by atomic mass is 9.95. The summed E-state index contributed by atoms with van der Waals surface area (Å²) in [6.45, 7) is 3.53. The van der Waals surface area contributed by atoms with Gasteiger partial charge in [-0.3, -0.25) is 10.1 Å². The van der Waals surface area contributed by atoms with Gasteiger partial charge in [0, 0.05) is 5.56 Å². The molecule has 6 nitrogen and oxygen atoms in total. The number of allylic oxidation sites excluding steroid dienone is 1. The van der Waals surface area contributed by atoms with E-state index in [0.717, 1.165) is 0 Å². The SMILES string of the molecule is C=CCC(C=O)c1cc(OC)c(OC)c(Cl)c1[N+](=O)[O-]. The summed E-state index contributed by atoms with van der Waals surface area (Å²) in [5.74, 6) is -0.424. The van der Waals surface area contributed by atoms with E-state index in [1.54, 1.807) is 0 Å². The number of nitro groups is 1. The Bertz CT molecular complexity index is 544. The summed E-state index contributed by atoms with van der Waals surface area (Å²) in [4.78, 5) is 21.7. The van der Waals surface area contributed by atoms with Crippen molar-refractivity contribution in [2.24, 2.45) is 0 Å². The number of nitro benzene ring substituents is 1. The molecule has 0 aliphatic carbocycles. The quantitative estimate of drug-likeness (QED) is 0.334. The molecule has 7 heteroatoms.